The van der Waals surface area contributed by atoms with Crippen LogP contribution in [0.4, 0.5) is 0 Å². The van der Waals surface area contributed by atoms with Crippen LogP contribution in [0.3, 0.4) is 0 Å². The van der Waals surface area contributed by atoms with E-state index >= 15 is 0 Å². The van der Waals surface area contributed by atoms with Gasteiger partial charge in [-0.25, -0.2) is 13.1 Å². The van der Waals surface area contributed by atoms with Crippen molar-refractivity contribution >= 4 is 10.0 Å². The molecule has 1 saturated carbocycles. The summed E-state index contributed by atoms with van der Waals surface area (Å²) in [6, 6.07) is 1.79. The first kappa shape index (κ1) is 14.6. The molecule has 1 aromatic rings. The molecular weight excluding hydrogens is 262 g/mol. The molecule has 0 aliphatic heterocycles. The number of rotatable bonds is 7. The average Bonchev–Trinajstić information content (AvgIpc) is 2.95. The number of nitrogens with one attached hydrogen (secondary N) is 1. The van der Waals surface area contributed by atoms with Gasteiger partial charge < -0.3 is 10.3 Å². The highest BCUT2D eigenvalue weighted by atomic mass is 32.2. The Morgan fingerprint density at radius 3 is 2.74 bits per heavy atom. The minimum Gasteiger partial charge on any atom is -0.349 e. The molecule has 6 heteroatoms. The van der Waals surface area contributed by atoms with Crippen molar-refractivity contribution in [3.63, 3.8) is 0 Å². The summed E-state index contributed by atoms with van der Waals surface area (Å²) in [6.45, 7) is 5.18. The Bertz CT molecular complexity index is 515. The molecule has 0 bridgehead atoms. The van der Waals surface area contributed by atoms with Gasteiger partial charge in [-0.1, -0.05) is 13.3 Å². The number of aryl methyl sites for hydroxylation is 1. The Hall–Kier alpha value is -0.850. The Kier molecular flexibility index (Phi) is 4.32. The number of aromatic nitrogens is 1. The van der Waals surface area contributed by atoms with E-state index in [1.807, 2.05) is 11.5 Å². The second-order valence-corrected chi connectivity index (χ2v) is 6.88. The molecule has 3 N–H and O–H groups in total. The van der Waals surface area contributed by atoms with Gasteiger partial charge in [-0.15, -0.1) is 0 Å². The van der Waals surface area contributed by atoms with Crippen LogP contribution >= 0.6 is 0 Å². The van der Waals surface area contributed by atoms with E-state index in [1.165, 1.54) is 0 Å². The van der Waals surface area contributed by atoms with Crippen LogP contribution < -0.4 is 10.5 Å². The topological polar surface area (TPSA) is 77.1 Å². The number of sulfonamides is 1. The maximum Gasteiger partial charge on any atom is 0.242 e. The molecule has 2 atom stereocenters. The quantitative estimate of drug-likeness (QED) is 0.795. The van der Waals surface area contributed by atoms with Gasteiger partial charge in [0.2, 0.25) is 10.0 Å². The summed E-state index contributed by atoms with van der Waals surface area (Å²) in [4.78, 5) is 0.331. The summed E-state index contributed by atoms with van der Waals surface area (Å²) in [5.41, 5.74) is 6.47. The van der Waals surface area contributed by atoms with E-state index in [2.05, 4.69) is 11.6 Å². The predicted octanol–water partition coefficient (Wildman–Crippen LogP) is 1.43. The number of hydrogen-bond donors (Lipinski definition) is 2. The Morgan fingerprint density at radius 2 is 2.21 bits per heavy atom. The summed E-state index contributed by atoms with van der Waals surface area (Å²) < 4.78 is 29.2. The van der Waals surface area contributed by atoms with E-state index in [9.17, 15) is 8.42 Å². The van der Waals surface area contributed by atoms with Crippen molar-refractivity contribution < 1.29 is 8.42 Å². The molecule has 0 amide bonds. The lowest BCUT2D eigenvalue weighted by Crippen LogP contribution is -2.26. The van der Waals surface area contributed by atoms with Gasteiger partial charge in [-0.2, -0.15) is 0 Å². The highest BCUT2D eigenvalue weighted by molar-refractivity contribution is 7.89. The third-order valence-corrected chi connectivity index (χ3v) is 5.17. The molecular formula is C13H23N3O2S. The van der Waals surface area contributed by atoms with Crippen LogP contribution in [0.25, 0.3) is 0 Å². The van der Waals surface area contributed by atoms with Crippen molar-refractivity contribution in [2.24, 2.45) is 11.7 Å². The average molecular weight is 285 g/mol. The van der Waals surface area contributed by atoms with E-state index in [4.69, 9.17) is 5.73 Å². The van der Waals surface area contributed by atoms with Gasteiger partial charge in [0.25, 0.3) is 0 Å². The fraction of sp³-hybridized carbons (Fsp3) is 0.692. The summed E-state index contributed by atoms with van der Waals surface area (Å²) in [5, 5.41) is 0. The van der Waals surface area contributed by atoms with Gasteiger partial charge in [0, 0.05) is 31.0 Å². The van der Waals surface area contributed by atoms with Crippen LogP contribution in [0.15, 0.2) is 17.2 Å². The Morgan fingerprint density at radius 1 is 1.47 bits per heavy atom. The van der Waals surface area contributed by atoms with Crippen molar-refractivity contribution in [3.8, 4) is 0 Å². The molecule has 0 radical (unpaired) electrons. The van der Waals surface area contributed by atoms with E-state index < -0.39 is 10.0 Å². The highest BCUT2D eigenvalue weighted by Crippen LogP contribution is 2.35. The zero-order valence-electron chi connectivity index (χ0n) is 11.6. The minimum atomic E-state index is -3.40. The second kappa shape index (κ2) is 5.64. The molecule has 2 unspecified atom stereocenters. The molecule has 108 valence electrons. The smallest absolute Gasteiger partial charge is 0.242 e. The molecule has 19 heavy (non-hydrogen) atoms. The highest BCUT2D eigenvalue weighted by Gasteiger charge is 2.39. The van der Waals surface area contributed by atoms with Crippen LogP contribution in [0, 0.1) is 5.92 Å². The largest absolute Gasteiger partial charge is 0.349 e. The van der Waals surface area contributed by atoms with Crippen molar-refractivity contribution in [2.75, 3.05) is 0 Å². The fourth-order valence-electron chi connectivity index (χ4n) is 2.49. The zero-order chi connectivity index (χ0) is 14.0. The van der Waals surface area contributed by atoms with Gasteiger partial charge in [-0.3, -0.25) is 0 Å². The summed E-state index contributed by atoms with van der Waals surface area (Å²) in [7, 11) is -3.40. The summed E-state index contributed by atoms with van der Waals surface area (Å²) in [6.07, 6.45) is 4.83. The summed E-state index contributed by atoms with van der Waals surface area (Å²) >= 11 is 0. The Balaban J connectivity index is 2.10. The van der Waals surface area contributed by atoms with E-state index in [0.29, 0.717) is 17.4 Å². The van der Waals surface area contributed by atoms with Gasteiger partial charge >= 0.3 is 0 Å². The van der Waals surface area contributed by atoms with Crippen LogP contribution in [0.1, 0.15) is 38.8 Å². The predicted molar refractivity (Wildman–Crippen MR) is 75.1 cm³/mol. The third-order valence-electron chi connectivity index (χ3n) is 3.71. The molecule has 0 saturated heterocycles. The monoisotopic (exact) mass is 285 g/mol. The van der Waals surface area contributed by atoms with Crippen LogP contribution in [0.5, 0.6) is 0 Å². The second-order valence-electron chi connectivity index (χ2n) is 5.17. The van der Waals surface area contributed by atoms with Crippen molar-refractivity contribution in [3.05, 3.63) is 18.0 Å². The molecule has 0 spiro atoms. The minimum absolute atomic E-state index is 0.122. The molecule has 5 nitrogen and oxygen atoms in total. The van der Waals surface area contributed by atoms with Crippen LogP contribution in [-0.4, -0.2) is 19.0 Å². The third kappa shape index (κ3) is 3.19. The number of nitrogens with zero attached hydrogens (tertiary/aromatic N) is 1. The van der Waals surface area contributed by atoms with Gasteiger partial charge in [0.15, 0.2) is 0 Å². The van der Waals surface area contributed by atoms with Crippen molar-refractivity contribution in [1.82, 2.24) is 9.29 Å². The number of hydrogen-bond acceptors (Lipinski definition) is 3. The maximum absolute atomic E-state index is 12.3. The van der Waals surface area contributed by atoms with Crippen LogP contribution in [0.2, 0.25) is 0 Å². The molecule has 1 aliphatic carbocycles. The first-order valence-electron chi connectivity index (χ1n) is 6.93. The first-order chi connectivity index (χ1) is 9.01. The summed E-state index contributed by atoms with van der Waals surface area (Å²) in [5.74, 6) is 0.516. The molecule has 1 fully saturated rings. The van der Waals surface area contributed by atoms with Crippen molar-refractivity contribution in [2.45, 2.75) is 57.1 Å². The lowest BCUT2D eigenvalue weighted by molar-refractivity contribution is 0.572. The molecule has 2 rings (SSSR count). The van der Waals surface area contributed by atoms with Gasteiger partial charge in [-0.05, 0) is 31.7 Å². The molecule has 0 aromatic carbocycles. The normalized spacial score (nSPS) is 22.7. The lowest BCUT2D eigenvalue weighted by Gasteiger charge is -2.04. The molecule has 1 aliphatic rings. The standard InChI is InChI=1S/C13H23N3O2S/c1-3-5-10-6-13(10)15-19(17,18)12-7-11(8-14)16(4-2)9-12/h7,9-10,13,15H,3-6,8,14H2,1-2H3. The fourth-order valence-corrected chi connectivity index (χ4v) is 3.87. The maximum atomic E-state index is 12.3. The SMILES string of the molecule is CCCC1CC1NS(=O)(=O)c1cc(CN)n(CC)c1. The van der Waals surface area contributed by atoms with Crippen molar-refractivity contribution in [1.29, 1.82) is 0 Å². The van der Waals surface area contributed by atoms with E-state index in [-0.39, 0.29) is 6.04 Å². The number of nitrogens with two attached hydrogens (primary N) is 1. The molecule has 1 aromatic heterocycles. The zero-order valence-corrected chi connectivity index (χ0v) is 12.4. The van der Waals surface area contributed by atoms with Gasteiger partial charge in [0.1, 0.15) is 0 Å². The van der Waals surface area contributed by atoms with Crippen LogP contribution in [-0.2, 0) is 23.1 Å². The van der Waals surface area contributed by atoms with E-state index in [1.54, 1.807) is 12.3 Å². The first-order valence-corrected chi connectivity index (χ1v) is 8.41. The molecule has 1 heterocycles. The lowest BCUT2D eigenvalue weighted by atomic mass is 10.2. The van der Waals surface area contributed by atoms with Gasteiger partial charge in [0.05, 0.1) is 4.90 Å². The Labute approximate surface area is 115 Å². The van der Waals surface area contributed by atoms with E-state index in [0.717, 1.165) is 31.5 Å².